The van der Waals surface area contributed by atoms with Gasteiger partial charge in [0.25, 0.3) is 0 Å². The Morgan fingerprint density at radius 3 is 2.89 bits per heavy atom. The largest absolute Gasteiger partial charge is 0.394 e. The highest BCUT2D eigenvalue weighted by molar-refractivity contribution is 7.10. The molecule has 2 rings (SSSR count). The molecular formula is C13H18ClNO2S. The van der Waals surface area contributed by atoms with Gasteiger partial charge in [-0.25, -0.2) is 0 Å². The van der Waals surface area contributed by atoms with Gasteiger partial charge in [0.15, 0.2) is 0 Å². The Hall–Kier alpha value is -0.580. The molecule has 0 aromatic carbocycles. The lowest BCUT2D eigenvalue weighted by Gasteiger charge is -2.28. The number of nitrogens with one attached hydrogen (secondary N) is 1. The third kappa shape index (κ3) is 3.46. The van der Waals surface area contributed by atoms with Crippen molar-refractivity contribution in [2.75, 3.05) is 6.61 Å². The monoisotopic (exact) mass is 287 g/mol. The van der Waals surface area contributed by atoms with Gasteiger partial charge in [-0.3, -0.25) is 4.79 Å². The maximum Gasteiger partial charge on any atom is 0.220 e. The van der Waals surface area contributed by atoms with Crippen LogP contribution in [-0.2, 0) is 11.2 Å². The van der Waals surface area contributed by atoms with Crippen LogP contribution in [0.2, 0.25) is 5.02 Å². The molecule has 100 valence electrons. The summed E-state index contributed by atoms with van der Waals surface area (Å²) >= 11 is 7.40. The molecule has 5 heteroatoms. The maximum atomic E-state index is 11.9. The van der Waals surface area contributed by atoms with Gasteiger partial charge >= 0.3 is 0 Å². The molecule has 3 nitrogen and oxygen atoms in total. The number of amides is 1. The number of thiophene rings is 1. The minimum atomic E-state index is -0.440. The van der Waals surface area contributed by atoms with Crippen LogP contribution in [0.25, 0.3) is 0 Å². The van der Waals surface area contributed by atoms with E-state index in [-0.39, 0.29) is 12.5 Å². The van der Waals surface area contributed by atoms with E-state index in [9.17, 15) is 9.90 Å². The van der Waals surface area contributed by atoms with Crippen molar-refractivity contribution in [2.24, 2.45) is 5.92 Å². The van der Waals surface area contributed by atoms with Crippen molar-refractivity contribution < 1.29 is 9.90 Å². The molecule has 0 saturated heterocycles. The van der Waals surface area contributed by atoms with E-state index in [1.807, 2.05) is 18.4 Å². The first-order valence-corrected chi connectivity index (χ1v) is 7.44. The minimum Gasteiger partial charge on any atom is -0.394 e. The van der Waals surface area contributed by atoms with Crippen LogP contribution >= 0.6 is 22.9 Å². The van der Waals surface area contributed by atoms with Crippen LogP contribution in [0.4, 0.5) is 0 Å². The van der Waals surface area contributed by atoms with E-state index in [2.05, 4.69) is 5.32 Å². The first-order chi connectivity index (χ1) is 8.53. The van der Waals surface area contributed by atoms with E-state index in [1.165, 1.54) is 0 Å². The van der Waals surface area contributed by atoms with Crippen molar-refractivity contribution in [1.29, 1.82) is 0 Å². The summed E-state index contributed by atoms with van der Waals surface area (Å²) in [5.74, 6) is 0.436. The number of hydrogen-bond acceptors (Lipinski definition) is 3. The van der Waals surface area contributed by atoms with Crippen LogP contribution in [0, 0.1) is 5.92 Å². The first kappa shape index (κ1) is 13.8. The molecule has 1 atom stereocenters. The molecule has 1 unspecified atom stereocenters. The molecule has 0 aliphatic heterocycles. The van der Waals surface area contributed by atoms with Crippen LogP contribution in [-0.4, -0.2) is 23.2 Å². The number of halogens is 1. The summed E-state index contributed by atoms with van der Waals surface area (Å²) in [5, 5.41) is 15.0. The predicted molar refractivity (Wildman–Crippen MR) is 74.0 cm³/mol. The molecule has 1 aliphatic rings. The van der Waals surface area contributed by atoms with Gasteiger partial charge in [0, 0.05) is 16.7 Å². The normalized spacial score (nSPS) is 18.4. The van der Waals surface area contributed by atoms with E-state index in [0.717, 1.165) is 22.7 Å². The highest BCUT2D eigenvalue weighted by atomic mass is 35.5. The molecule has 0 spiro atoms. The fourth-order valence-corrected chi connectivity index (χ4v) is 3.17. The Morgan fingerprint density at radius 2 is 2.39 bits per heavy atom. The summed E-state index contributed by atoms with van der Waals surface area (Å²) in [4.78, 5) is 13.0. The van der Waals surface area contributed by atoms with Gasteiger partial charge in [-0.15, -0.1) is 11.3 Å². The lowest BCUT2D eigenvalue weighted by atomic mass is 9.96. The van der Waals surface area contributed by atoms with Crippen molar-refractivity contribution in [1.82, 2.24) is 5.32 Å². The maximum absolute atomic E-state index is 11.9. The van der Waals surface area contributed by atoms with Crippen molar-refractivity contribution in [3.63, 3.8) is 0 Å². The molecule has 1 amide bonds. The van der Waals surface area contributed by atoms with Gasteiger partial charge in [0.1, 0.15) is 0 Å². The van der Waals surface area contributed by atoms with E-state index in [1.54, 1.807) is 11.3 Å². The molecule has 1 fully saturated rings. The Morgan fingerprint density at radius 1 is 1.67 bits per heavy atom. The minimum absolute atomic E-state index is 0.00275. The topological polar surface area (TPSA) is 49.3 Å². The Balaban J connectivity index is 1.81. The number of aliphatic hydroxyl groups excluding tert-OH is 1. The summed E-state index contributed by atoms with van der Waals surface area (Å²) in [6, 6.07) is 1.89. The van der Waals surface area contributed by atoms with E-state index >= 15 is 0 Å². The van der Waals surface area contributed by atoms with E-state index in [0.29, 0.717) is 18.8 Å². The fraction of sp³-hybridized carbons (Fsp3) is 0.615. The van der Waals surface area contributed by atoms with Gasteiger partial charge in [-0.2, -0.15) is 0 Å². The highest BCUT2D eigenvalue weighted by Gasteiger charge is 2.41. The fourth-order valence-electron chi connectivity index (χ4n) is 2.09. The molecule has 1 aromatic heterocycles. The molecule has 1 heterocycles. The van der Waals surface area contributed by atoms with Gasteiger partial charge in [-0.1, -0.05) is 11.6 Å². The molecule has 1 aliphatic carbocycles. The number of aliphatic hydroxyl groups is 1. The quantitative estimate of drug-likeness (QED) is 0.845. The summed E-state index contributed by atoms with van der Waals surface area (Å²) in [7, 11) is 0. The summed E-state index contributed by atoms with van der Waals surface area (Å²) in [6.07, 6.45) is 3.34. The third-order valence-electron chi connectivity index (χ3n) is 3.45. The Labute approximate surface area is 116 Å². The van der Waals surface area contributed by atoms with Crippen molar-refractivity contribution in [3.05, 3.63) is 21.3 Å². The predicted octanol–water partition coefficient (Wildman–Crippen LogP) is 2.61. The van der Waals surface area contributed by atoms with E-state index < -0.39 is 5.54 Å². The second-order valence-electron chi connectivity index (χ2n) is 5.13. The zero-order valence-corrected chi connectivity index (χ0v) is 12.0. The summed E-state index contributed by atoms with van der Waals surface area (Å²) in [5.41, 5.74) is -0.440. The van der Waals surface area contributed by atoms with Crippen LogP contribution in [0.15, 0.2) is 11.4 Å². The van der Waals surface area contributed by atoms with Gasteiger partial charge in [0.05, 0.1) is 17.2 Å². The summed E-state index contributed by atoms with van der Waals surface area (Å²) < 4.78 is 0. The van der Waals surface area contributed by atoms with E-state index in [4.69, 9.17) is 11.6 Å². The number of aryl methyl sites for hydroxylation is 1. The average molecular weight is 288 g/mol. The first-order valence-electron chi connectivity index (χ1n) is 6.18. The number of rotatable bonds is 6. The lowest BCUT2D eigenvalue weighted by molar-refractivity contribution is -0.123. The lowest BCUT2D eigenvalue weighted by Crippen LogP contribution is -2.50. The Kier molecular flexibility index (Phi) is 4.30. The third-order valence-corrected chi connectivity index (χ3v) is 4.80. The zero-order chi connectivity index (χ0) is 13.2. The molecule has 0 bridgehead atoms. The standard InChI is InChI=1S/C13H18ClNO2S/c1-13(8-16,9-2-3-9)15-12(17)5-4-11-6-10(14)7-18-11/h6-7,9,16H,2-5,8H2,1H3,(H,15,17). The van der Waals surface area contributed by atoms with Crippen LogP contribution in [0.1, 0.15) is 31.1 Å². The average Bonchev–Trinajstić information content (AvgIpc) is 3.11. The molecule has 1 aromatic rings. The van der Waals surface area contributed by atoms with Crippen molar-refractivity contribution in [3.8, 4) is 0 Å². The second kappa shape index (κ2) is 5.59. The second-order valence-corrected chi connectivity index (χ2v) is 6.56. The molecular weight excluding hydrogens is 270 g/mol. The smallest absolute Gasteiger partial charge is 0.220 e. The van der Waals surface area contributed by atoms with Gasteiger partial charge < -0.3 is 10.4 Å². The summed E-state index contributed by atoms with van der Waals surface area (Å²) in [6.45, 7) is 1.93. The van der Waals surface area contributed by atoms with Gasteiger partial charge in [-0.05, 0) is 38.2 Å². The molecule has 0 radical (unpaired) electrons. The van der Waals surface area contributed by atoms with Gasteiger partial charge in [0.2, 0.25) is 5.91 Å². The van der Waals surface area contributed by atoms with Crippen molar-refractivity contribution >= 4 is 28.8 Å². The van der Waals surface area contributed by atoms with Crippen LogP contribution < -0.4 is 5.32 Å². The number of carbonyl (C=O) groups is 1. The SMILES string of the molecule is CC(CO)(NC(=O)CCc1cc(Cl)cs1)C1CC1. The zero-order valence-electron chi connectivity index (χ0n) is 10.4. The van der Waals surface area contributed by atoms with Crippen molar-refractivity contribution in [2.45, 2.75) is 38.1 Å². The number of hydrogen-bond donors (Lipinski definition) is 2. The molecule has 1 saturated carbocycles. The van der Waals surface area contributed by atoms with Crippen LogP contribution in [0.5, 0.6) is 0 Å². The Bertz CT molecular complexity index is 430. The van der Waals surface area contributed by atoms with Crippen LogP contribution in [0.3, 0.4) is 0 Å². The number of carbonyl (C=O) groups excluding carboxylic acids is 1. The highest BCUT2D eigenvalue weighted by Crippen LogP contribution is 2.39. The molecule has 2 N–H and O–H groups in total. The molecule has 18 heavy (non-hydrogen) atoms.